The first-order valence-electron chi connectivity index (χ1n) is 3.68. The minimum absolute atomic E-state index is 0.0299. The summed E-state index contributed by atoms with van der Waals surface area (Å²) in [6.07, 6.45) is 6.76. The van der Waals surface area contributed by atoms with E-state index in [4.69, 9.17) is 23.2 Å². The van der Waals surface area contributed by atoms with Crippen molar-refractivity contribution in [3.63, 3.8) is 0 Å². The average molecular weight is 193 g/mol. The molecule has 0 aromatic rings. The van der Waals surface area contributed by atoms with E-state index >= 15 is 0 Å². The molecule has 1 nitrogen and oxygen atoms in total. The van der Waals surface area contributed by atoms with E-state index in [0.717, 1.165) is 19.3 Å². The quantitative estimate of drug-likeness (QED) is 0.486. The molecule has 0 bridgehead atoms. The van der Waals surface area contributed by atoms with Crippen LogP contribution < -0.4 is 0 Å². The lowest BCUT2D eigenvalue weighted by atomic mass is 9.91. The Kier molecular flexibility index (Phi) is 3.41. The normalized spacial score (nSPS) is 24.1. The van der Waals surface area contributed by atoms with Crippen LogP contribution in [-0.4, -0.2) is 10.6 Å². The molecule has 0 amide bonds. The number of halogens is 2. The van der Waals surface area contributed by atoms with Gasteiger partial charge in [-0.1, -0.05) is 35.4 Å². The Morgan fingerprint density at radius 2 is 2.18 bits per heavy atom. The van der Waals surface area contributed by atoms with Crippen LogP contribution in [0.1, 0.15) is 19.3 Å². The molecule has 0 fully saturated rings. The number of hydrogen-bond acceptors (Lipinski definition) is 1. The zero-order chi connectivity index (χ0) is 8.27. The summed E-state index contributed by atoms with van der Waals surface area (Å²) in [5.41, 5.74) is 0. The van der Waals surface area contributed by atoms with Gasteiger partial charge in [-0.25, -0.2) is 0 Å². The summed E-state index contributed by atoms with van der Waals surface area (Å²) in [6.45, 7) is 0. The standard InChI is InChI=1S/C8H10Cl2O/c9-8(10)7(11)6-4-2-1-3-5-6/h1-2,6,8H,3-5H2. The Labute approximate surface area is 76.4 Å². The third-order valence-corrected chi connectivity index (χ3v) is 2.32. The zero-order valence-electron chi connectivity index (χ0n) is 6.09. The number of ketones is 1. The van der Waals surface area contributed by atoms with Crippen molar-refractivity contribution >= 4 is 29.0 Å². The summed E-state index contributed by atoms with van der Waals surface area (Å²) in [6, 6.07) is 0. The summed E-state index contributed by atoms with van der Waals surface area (Å²) >= 11 is 10.9. The van der Waals surface area contributed by atoms with Crippen molar-refractivity contribution in [2.75, 3.05) is 0 Å². The van der Waals surface area contributed by atoms with Gasteiger partial charge in [-0.2, -0.15) is 0 Å². The Morgan fingerprint density at radius 3 is 2.64 bits per heavy atom. The summed E-state index contributed by atoms with van der Waals surface area (Å²) in [5.74, 6) is 0.0256. The Morgan fingerprint density at radius 1 is 1.45 bits per heavy atom. The van der Waals surface area contributed by atoms with Crippen LogP contribution >= 0.6 is 23.2 Å². The fourth-order valence-electron chi connectivity index (χ4n) is 1.23. The van der Waals surface area contributed by atoms with E-state index in [0.29, 0.717) is 0 Å². The van der Waals surface area contributed by atoms with Gasteiger partial charge in [0.2, 0.25) is 0 Å². The van der Waals surface area contributed by atoms with Crippen LogP contribution in [0.3, 0.4) is 0 Å². The molecular formula is C8H10Cl2O. The smallest absolute Gasteiger partial charge is 0.169 e. The summed E-state index contributed by atoms with van der Waals surface area (Å²) in [4.78, 5) is 10.4. The lowest BCUT2D eigenvalue weighted by molar-refractivity contribution is -0.121. The molecule has 0 N–H and O–H groups in total. The van der Waals surface area contributed by atoms with Gasteiger partial charge in [0.05, 0.1) is 0 Å². The number of carbonyl (C=O) groups is 1. The molecule has 0 heterocycles. The van der Waals surface area contributed by atoms with E-state index in [-0.39, 0.29) is 11.7 Å². The SMILES string of the molecule is O=C(C(Cl)Cl)C1CC=CCC1. The fourth-order valence-corrected chi connectivity index (χ4v) is 1.59. The largest absolute Gasteiger partial charge is 0.296 e. The molecule has 1 atom stereocenters. The molecule has 0 aromatic carbocycles. The number of allylic oxidation sites excluding steroid dienone is 2. The maximum Gasteiger partial charge on any atom is 0.169 e. The van der Waals surface area contributed by atoms with Crippen LogP contribution in [0.4, 0.5) is 0 Å². The van der Waals surface area contributed by atoms with Gasteiger partial charge in [-0.05, 0) is 19.3 Å². The van der Waals surface area contributed by atoms with Crippen molar-refractivity contribution in [2.24, 2.45) is 5.92 Å². The molecular weight excluding hydrogens is 183 g/mol. The first kappa shape index (κ1) is 9.08. The molecule has 0 saturated heterocycles. The van der Waals surface area contributed by atoms with Gasteiger partial charge < -0.3 is 0 Å². The summed E-state index contributed by atoms with van der Waals surface area (Å²) < 4.78 is 0. The monoisotopic (exact) mass is 192 g/mol. The van der Waals surface area contributed by atoms with E-state index in [1.807, 2.05) is 6.08 Å². The predicted octanol–water partition coefficient (Wildman–Crippen LogP) is 2.72. The van der Waals surface area contributed by atoms with Crippen LogP contribution in [0, 0.1) is 5.92 Å². The lowest BCUT2D eigenvalue weighted by Crippen LogP contribution is -2.21. The van der Waals surface area contributed by atoms with Crippen LogP contribution in [0.2, 0.25) is 0 Å². The molecule has 62 valence electrons. The summed E-state index contributed by atoms with van der Waals surface area (Å²) in [7, 11) is 0. The highest BCUT2D eigenvalue weighted by atomic mass is 35.5. The number of hydrogen-bond donors (Lipinski definition) is 0. The topological polar surface area (TPSA) is 17.1 Å². The van der Waals surface area contributed by atoms with Gasteiger partial charge in [0, 0.05) is 5.92 Å². The molecule has 1 aliphatic carbocycles. The molecule has 0 aliphatic heterocycles. The molecule has 0 radical (unpaired) electrons. The Bertz CT molecular complexity index is 175. The van der Waals surface area contributed by atoms with E-state index in [1.165, 1.54) is 0 Å². The average Bonchev–Trinajstić information content (AvgIpc) is 2.05. The number of rotatable bonds is 2. The highest BCUT2D eigenvalue weighted by Crippen LogP contribution is 2.22. The number of Topliss-reactive ketones (excluding diaryl/α,β-unsaturated/α-hetero) is 1. The molecule has 0 saturated carbocycles. The summed E-state index contributed by atoms with van der Waals surface area (Å²) in [5, 5.41) is 0. The molecule has 1 unspecified atom stereocenters. The fraction of sp³-hybridized carbons (Fsp3) is 0.625. The van der Waals surface area contributed by atoms with Crippen molar-refractivity contribution in [1.29, 1.82) is 0 Å². The predicted molar refractivity (Wildman–Crippen MR) is 47.0 cm³/mol. The van der Waals surface area contributed by atoms with Gasteiger partial charge in [0.1, 0.15) is 0 Å². The minimum atomic E-state index is -0.841. The lowest BCUT2D eigenvalue weighted by Gasteiger charge is -2.16. The third-order valence-electron chi connectivity index (χ3n) is 1.89. The van der Waals surface area contributed by atoms with Crippen molar-refractivity contribution in [2.45, 2.75) is 24.1 Å². The van der Waals surface area contributed by atoms with Crippen molar-refractivity contribution < 1.29 is 4.79 Å². The van der Waals surface area contributed by atoms with Gasteiger partial charge in [0.25, 0.3) is 0 Å². The van der Waals surface area contributed by atoms with E-state index in [2.05, 4.69) is 6.08 Å². The highest BCUT2D eigenvalue weighted by molar-refractivity contribution is 6.53. The van der Waals surface area contributed by atoms with Crippen LogP contribution in [0.5, 0.6) is 0 Å². The van der Waals surface area contributed by atoms with E-state index in [9.17, 15) is 4.79 Å². The Hall–Kier alpha value is -0.0100. The zero-order valence-corrected chi connectivity index (χ0v) is 7.61. The van der Waals surface area contributed by atoms with E-state index < -0.39 is 4.84 Å². The first-order chi connectivity index (χ1) is 5.22. The molecule has 0 spiro atoms. The van der Waals surface area contributed by atoms with Crippen LogP contribution in [0.15, 0.2) is 12.2 Å². The molecule has 11 heavy (non-hydrogen) atoms. The third kappa shape index (κ3) is 2.49. The molecule has 1 rings (SSSR count). The Balaban J connectivity index is 2.47. The van der Waals surface area contributed by atoms with Crippen LogP contribution in [0.25, 0.3) is 0 Å². The second-order valence-corrected chi connectivity index (χ2v) is 3.78. The van der Waals surface area contributed by atoms with E-state index in [1.54, 1.807) is 0 Å². The minimum Gasteiger partial charge on any atom is -0.296 e. The number of carbonyl (C=O) groups excluding carboxylic acids is 1. The second-order valence-electron chi connectivity index (χ2n) is 2.68. The van der Waals surface area contributed by atoms with Crippen molar-refractivity contribution in [3.8, 4) is 0 Å². The second kappa shape index (κ2) is 4.13. The molecule has 3 heteroatoms. The van der Waals surface area contributed by atoms with Crippen molar-refractivity contribution in [3.05, 3.63) is 12.2 Å². The van der Waals surface area contributed by atoms with Gasteiger partial charge in [0.15, 0.2) is 10.6 Å². The first-order valence-corrected chi connectivity index (χ1v) is 4.56. The number of alkyl halides is 2. The highest BCUT2D eigenvalue weighted by Gasteiger charge is 2.23. The molecule has 1 aliphatic rings. The maximum atomic E-state index is 11.2. The molecule has 0 aromatic heterocycles. The van der Waals surface area contributed by atoms with Gasteiger partial charge in [-0.15, -0.1) is 0 Å². The van der Waals surface area contributed by atoms with Crippen LogP contribution in [-0.2, 0) is 4.79 Å². The van der Waals surface area contributed by atoms with Gasteiger partial charge in [-0.3, -0.25) is 4.79 Å². The van der Waals surface area contributed by atoms with Crippen molar-refractivity contribution in [1.82, 2.24) is 0 Å². The van der Waals surface area contributed by atoms with Gasteiger partial charge >= 0.3 is 0 Å². The maximum absolute atomic E-state index is 11.2.